The Hall–Kier alpha value is -3.41. The highest BCUT2D eigenvalue weighted by molar-refractivity contribution is 5.96. The number of aromatic nitrogens is 1. The molecule has 0 fully saturated rings. The molecule has 1 heterocycles. The molecule has 0 aliphatic rings. The van der Waals surface area contributed by atoms with E-state index in [0.29, 0.717) is 18.5 Å². The lowest BCUT2D eigenvalue weighted by Crippen LogP contribution is -2.30. The smallest absolute Gasteiger partial charge is 0.226 e. The summed E-state index contributed by atoms with van der Waals surface area (Å²) >= 11 is 0. The molecule has 3 aromatic rings. The highest BCUT2D eigenvalue weighted by atomic mass is 19.1. The first-order valence-corrected chi connectivity index (χ1v) is 10.8. The van der Waals surface area contributed by atoms with Gasteiger partial charge in [-0.15, -0.1) is 0 Å². The summed E-state index contributed by atoms with van der Waals surface area (Å²) in [5.41, 5.74) is 3.55. The Morgan fingerprint density at radius 1 is 0.875 bits per heavy atom. The van der Waals surface area contributed by atoms with Crippen LogP contribution in [0.25, 0.3) is 11.1 Å². The number of anilines is 1. The van der Waals surface area contributed by atoms with E-state index in [-0.39, 0.29) is 30.1 Å². The normalized spacial score (nSPS) is 10.8. The van der Waals surface area contributed by atoms with Crippen molar-refractivity contribution < 1.29 is 18.4 Å². The zero-order chi connectivity index (χ0) is 23.1. The number of hydrogen-bond acceptors (Lipinski definition) is 3. The van der Waals surface area contributed by atoms with Crippen LogP contribution >= 0.6 is 0 Å². The number of carbonyl (C=O) groups excluding carboxylic acids is 2. The SMILES string of the molecule is CCCN(C(=O)CC)c1ccc(-c2ccc(C(=O)CCc3ccc(F)nc3F)cc2)cc1. The molecule has 32 heavy (non-hydrogen) atoms. The number of pyridine rings is 1. The first-order chi connectivity index (χ1) is 15.4. The summed E-state index contributed by atoms with van der Waals surface area (Å²) in [6, 6.07) is 17.4. The molecule has 0 spiro atoms. The van der Waals surface area contributed by atoms with Crippen LogP contribution in [0.3, 0.4) is 0 Å². The van der Waals surface area contributed by atoms with Gasteiger partial charge in [0.2, 0.25) is 17.8 Å². The van der Waals surface area contributed by atoms with Crippen molar-refractivity contribution in [2.45, 2.75) is 39.5 Å². The van der Waals surface area contributed by atoms with Crippen molar-refractivity contribution in [2.75, 3.05) is 11.4 Å². The van der Waals surface area contributed by atoms with Crippen LogP contribution in [0.4, 0.5) is 14.5 Å². The Labute approximate surface area is 186 Å². The summed E-state index contributed by atoms with van der Waals surface area (Å²) < 4.78 is 26.5. The summed E-state index contributed by atoms with van der Waals surface area (Å²) in [7, 11) is 0. The number of hydrogen-bond donors (Lipinski definition) is 0. The van der Waals surface area contributed by atoms with Gasteiger partial charge in [0.15, 0.2) is 5.78 Å². The fourth-order valence-corrected chi connectivity index (χ4v) is 3.51. The van der Waals surface area contributed by atoms with E-state index in [1.54, 1.807) is 17.0 Å². The Balaban J connectivity index is 1.67. The molecule has 3 rings (SSSR count). The van der Waals surface area contributed by atoms with Gasteiger partial charge >= 0.3 is 0 Å². The monoisotopic (exact) mass is 436 g/mol. The summed E-state index contributed by atoms with van der Waals surface area (Å²) in [6.07, 6.45) is 1.61. The summed E-state index contributed by atoms with van der Waals surface area (Å²) in [5, 5.41) is 0. The number of nitrogens with zero attached hydrogens (tertiary/aromatic N) is 2. The predicted octanol–water partition coefficient (Wildman–Crippen LogP) is 6.00. The highest BCUT2D eigenvalue weighted by Gasteiger charge is 2.13. The lowest BCUT2D eigenvalue weighted by Gasteiger charge is -2.22. The van der Waals surface area contributed by atoms with Crippen molar-refractivity contribution in [3.05, 3.63) is 83.7 Å². The Bertz CT molecular complexity index is 1080. The predicted molar refractivity (Wildman–Crippen MR) is 122 cm³/mol. The maximum atomic E-state index is 13.6. The fraction of sp³-hybridized carbons (Fsp3) is 0.269. The van der Waals surface area contributed by atoms with Gasteiger partial charge in [-0.1, -0.05) is 50.2 Å². The third kappa shape index (κ3) is 5.63. The van der Waals surface area contributed by atoms with Crippen molar-refractivity contribution in [3.8, 4) is 11.1 Å². The van der Waals surface area contributed by atoms with Gasteiger partial charge < -0.3 is 4.90 Å². The van der Waals surface area contributed by atoms with Crippen LogP contribution in [-0.4, -0.2) is 23.2 Å². The van der Waals surface area contributed by atoms with Crippen molar-refractivity contribution in [1.82, 2.24) is 4.98 Å². The molecule has 0 aliphatic carbocycles. The van der Waals surface area contributed by atoms with E-state index in [0.717, 1.165) is 29.3 Å². The van der Waals surface area contributed by atoms with Gasteiger partial charge in [0, 0.05) is 36.2 Å². The molecule has 2 aromatic carbocycles. The molecule has 1 amide bonds. The lowest BCUT2D eigenvalue weighted by atomic mass is 9.99. The van der Waals surface area contributed by atoms with E-state index in [4.69, 9.17) is 0 Å². The molecule has 0 aliphatic heterocycles. The zero-order valence-corrected chi connectivity index (χ0v) is 18.3. The third-order valence-electron chi connectivity index (χ3n) is 5.28. The standard InChI is InChI=1S/C26H26F2N2O2/c1-3-17-30(25(32)4-2)22-13-9-19(10-14-22)18-5-7-20(8-6-18)23(31)15-11-21-12-16-24(27)29-26(21)28/h5-10,12-14,16H,3-4,11,15,17H2,1-2H3. The highest BCUT2D eigenvalue weighted by Crippen LogP contribution is 2.25. The van der Waals surface area contributed by atoms with E-state index < -0.39 is 11.9 Å². The van der Waals surface area contributed by atoms with Gasteiger partial charge in [-0.2, -0.15) is 13.8 Å². The van der Waals surface area contributed by atoms with E-state index in [1.807, 2.05) is 50.2 Å². The largest absolute Gasteiger partial charge is 0.312 e. The molecular formula is C26H26F2N2O2. The molecule has 0 saturated carbocycles. The number of rotatable bonds is 9. The van der Waals surface area contributed by atoms with E-state index >= 15 is 0 Å². The maximum absolute atomic E-state index is 13.6. The topological polar surface area (TPSA) is 50.3 Å². The number of benzene rings is 2. The molecule has 0 saturated heterocycles. The number of halogens is 2. The van der Waals surface area contributed by atoms with Gasteiger partial charge in [-0.05, 0) is 48.2 Å². The lowest BCUT2D eigenvalue weighted by molar-refractivity contribution is -0.118. The van der Waals surface area contributed by atoms with Gasteiger partial charge in [-0.3, -0.25) is 9.59 Å². The summed E-state index contributed by atoms with van der Waals surface area (Å²) in [5.74, 6) is -1.78. The Kier molecular flexibility index (Phi) is 7.82. The van der Waals surface area contributed by atoms with Crippen molar-refractivity contribution in [3.63, 3.8) is 0 Å². The van der Waals surface area contributed by atoms with Crippen molar-refractivity contribution in [1.29, 1.82) is 0 Å². The number of ketones is 1. The minimum Gasteiger partial charge on any atom is -0.312 e. The molecule has 0 atom stereocenters. The molecule has 0 unspecified atom stereocenters. The van der Waals surface area contributed by atoms with Crippen molar-refractivity contribution in [2.24, 2.45) is 0 Å². The first-order valence-electron chi connectivity index (χ1n) is 10.8. The van der Waals surface area contributed by atoms with Crippen LogP contribution in [-0.2, 0) is 11.2 Å². The Morgan fingerprint density at radius 3 is 2.06 bits per heavy atom. The van der Waals surface area contributed by atoms with Gasteiger partial charge in [-0.25, -0.2) is 0 Å². The van der Waals surface area contributed by atoms with Crippen molar-refractivity contribution >= 4 is 17.4 Å². The molecule has 0 N–H and O–H groups in total. The molecule has 166 valence electrons. The average Bonchev–Trinajstić information content (AvgIpc) is 2.81. The van der Waals surface area contributed by atoms with Crippen LogP contribution in [0.1, 0.15) is 49.0 Å². The minimum atomic E-state index is -0.880. The molecule has 0 bridgehead atoms. The van der Waals surface area contributed by atoms with Crippen LogP contribution in [0.2, 0.25) is 0 Å². The van der Waals surface area contributed by atoms with E-state index in [9.17, 15) is 18.4 Å². The molecular weight excluding hydrogens is 410 g/mol. The number of carbonyl (C=O) groups is 2. The molecule has 0 radical (unpaired) electrons. The molecule has 4 nitrogen and oxygen atoms in total. The second kappa shape index (κ2) is 10.8. The van der Waals surface area contributed by atoms with Crippen LogP contribution in [0.5, 0.6) is 0 Å². The number of amides is 1. The third-order valence-corrected chi connectivity index (χ3v) is 5.28. The maximum Gasteiger partial charge on any atom is 0.226 e. The number of aryl methyl sites for hydroxylation is 1. The minimum absolute atomic E-state index is 0.0961. The molecule has 1 aromatic heterocycles. The van der Waals surface area contributed by atoms with E-state index in [2.05, 4.69) is 4.98 Å². The summed E-state index contributed by atoms with van der Waals surface area (Å²) in [6.45, 7) is 4.58. The quantitative estimate of drug-likeness (QED) is 0.306. The molecule has 6 heteroatoms. The average molecular weight is 437 g/mol. The zero-order valence-electron chi connectivity index (χ0n) is 18.3. The van der Waals surface area contributed by atoms with Crippen LogP contribution in [0, 0.1) is 11.9 Å². The second-order valence-corrected chi connectivity index (χ2v) is 7.53. The Morgan fingerprint density at radius 2 is 1.50 bits per heavy atom. The van der Waals surface area contributed by atoms with Gasteiger partial charge in [0.05, 0.1) is 0 Å². The van der Waals surface area contributed by atoms with E-state index in [1.165, 1.54) is 6.07 Å². The van der Waals surface area contributed by atoms with Gasteiger partial charge in [0.25, 0.3) is 0 Å². The van der Waals surface area contributed by atoms with Gasteiger partial charge in [0.1, 0.15) is 0 Å². The van der Waals surface area contributed by atoms with Crippen LogP contribution in [0.15, 0.2) is 60.7 Å². The first kappa shape index (κ1) is 23.3. The second-order valence-electron chi connectivity index (χ2n) is 7.53. The number of Topliss-reactive ketones (excluding diaryl/α,β-unsaturated/α-hetero) is 1. The fourth-order valence-electron chi connectivity index (χ4n) is 3.51. The summed E-state index contributed by atoms with van der Waals surface area (Å²) in [4.78, 5) is 29.6. The van der Waals surface area contributed by atoms with Crippen LogP contribution < -0.4 is 4.90 Å².